The molecule has 0 saturated carbocycles. The van der Waals surface area contributed by atoms with E-state index >= 15 is 0 Å². The lowest BCUT2D eigenvalue weighted by Gasteiger charge is -2.31. The van der Waals surface area contributed by atoms with Gasteiger partial charge in [0.2, 0.25) is 11.8 Å². The molecule has 164 valence electrons. The van der Waals surface area contributed by atoms with E-state index in [0.29, 0.717) is 29.5 Å². The number of benzene rings is 2. The Kier molecular flexibility index (Phi) is 5.38. The number of imide groups is 1. The van der Waals surface area contributed by atoms with Crippen molar-refractivity contribution in [1.29, 1.82) is 0 Å². The van der Waals surface area contributed by atoms with Crippen LogP contribution in [0.25, 0.3) is 10.2 Å². The quantitative estimate of drug-likeness (QED) is 0.564. The molecular weight excluding hydrogens is 426 g/mol. The van der Waals surface area contributed by atoms with Crippen LogP contribution in [0.3, 0.4) is 0 Å². The van der Waals surface area contributed by atoms with Gasteiger partial charge >= 0.3 is 0 Å². The Morgan fingerprint density at radius 3 is 2.50 bits per heavy atom. The van der Waals surface area contributed by atoms with E-state index in [1.54, 1.807) is 40.5 Å². The second-order valence-corrected chi connectivity index (χ2v) is 9.18. The van der Waals surface area contributed by atoms with Gasteiger partial charge in [-0.1, -0.05) is 29.5 Å². The molecule has 3 aromatic rings. The number of piperidine rings is 1. The molecule has 0 radical (unpaired) electrons. The maximum Gasteiger partial charge on any atom is 0.274 e. The first kappa shape index (κ1) is 20.6. The van der Waals surface area contributed by atoms with Crippen molar-refractivity contribution in [3.63, 3.8) is 0 Å². The van der Waals surface area contributed by atoms with Crippen LogP contribution in [-0.2, 0) is 9.59 Å². The number of carbonyl (C=O) groups excluding carboxylic acids is 3. The molecule has 1 aromatic heterocycles. The number of nitrogens with zero attached hydrogens (tertiary/aromatic N) is 3. The first-order valence-electron chi connectivity index (χ1n) is 10.8. The highest BCUT2D eigenvalue weighted by Gasteiger charge is 2.31. The number of hydrogen-bond acceptors (Lipinski definition) is 6. The van der Waals surface area contributed by atoms with Crippen LogP contribution < -0.4 is 9.64 Å². The van der Waals surface area contributed by atoms with Crippen molar-refractivity contribution in [2.45, 2.75) is 38.7 Å². The molecule has 2 saturated heterocycles. The average Bonchev–Trinajstić information content (AvgIpc) is 3.37. The Balaban J connectivity index is 1.23. The number of amides is 3. The summed E-state index contributed by atoms with van der Waals surface area (Å²) in [6, 6.07) is 12.9. The fourth-order valence-corrected chi connectivity index (χ4v) is 5.22. The molecule has 3 amide bonds. The van der Waals surface area contributed by atoms with Gasteiger partial charge in [-0.3, -0.25) is 19.3 Å². The molecule has 0 aliphatic carbocycles. The summed E-state index contributed by atoms with van der Waals surface area (Å²) in [7, 11) is 0. The van der Waals surface area contributed by atoms with Gasteiger partial charge in [-0.05, 0) is 36.8 Å². The summed E-state index contributed by atoms with van der Waals surface area (Å²) in [6.45, 7) is 3.21. The summed E-state index contributed by atoms with van der Waals surface area (Å²) in [5.41, 5.74) is 3.06. The lowest BCUT2D eigenvalue weighted by atomic mass is 10.1. The number of ether oxygens (including phenoxy) is 1. The molecule has 0 spiro atoms. The van der Waals surface area contributed by atoms with Gasteiger partial charge in [0, 0.05) is 44.3 Å². The number of anilines is 1. The van der Waals surface area contributed by atoms with Crippen LogP contribution in [0.5, 0.6) is 5.19 Å². The number of carbonyl (C=O) groups is 3. The highest BCUT2D eigenvalue weighted by molar-refractivity contribution is 7.20. The van der Waals surface area contributed by atoms with E-state index in [4.69, 9.17) is 4.74 Å². The molecule has 7 nitrogen and oxygen atoms in total. The van der Waals surface area contributed by atoms with E-state index in [2.05, 4.69) is 4.98 Å². The summed E-state index contributed by atoms with van der Waals surface area (Å²) in [4.78, 5) is 44.7. The molecule has 2 aromatic carbocycles. The zero-order valence-corrected chi connectivity index (χ0v) is 18.6. The number of aryl methyl sites for hydroxylation is 1. The molecular formula is C24H23N3O4S. The average molecular weight is 450 g/mol. The number of likely N-dealkylation sites (tertiary alicyclic amines) is 1. The molecule has 3 heterocycles. The Labute approximate surface area is 189 Å². The van der Waals surface area contributed by atoms with Crippen LogP contribution in [0.15, 0.2) is 42.5 Å². The van der Waals surface area contributed by atoms with Crippen LogP contribution in [-0.4, -0.2) is 46.8 Å². The van der Waals surface area contributed by atoms with Gasteiger partial charge < -0.3 is 9.64 Å². The lowest BCUT2D eigenvalue weighted by molar-refractivity contribution is -0.121. The third kappa shape index (κ3) is 3.86. The van der Waals surface area contributed by atoms with Crippen LogP contribution in [0.4, 0.5) is 5.69 Å². The summed E-state index contributed by atoms with van der Waals surface area (Å²) in [5, 5.41) is 0.673. The molecule has 32 heavy (non-hydrogen) atoms. The Morgan fingerprint density at radius 1 is 1.06 bits per heavy atom. The molecule has 0 bridgehead atoms. The van der Waals surface area contributed by atoms with Crippen molar-refractivity contribution in [2.75, 3.05) is 18.0 Å². The smallest absolute Gasteiger partial charge is 0.274 e. The zero-order valence-electron chi connectivity index (χ0n) is 17.7. The predicted molar refractivity (Wildman–Crippen MR) is 122 cm³/mol. The Morgan fingerprint density at radius 2 is 1.78 bits per heavy atom. The molecule has 2 aliphatic rings. The van der Waals surface area contributed by atoms with E-state index < -0.39 is 0 Å². The van der Waals surface area contributed by atoms with Crippen LogP contribution >= 0.6 is 11.3 Å². The minimum absolute atomic E-state index is 0.0195. The van der Waals surface area contributed by atoms with Crippen molar-refractivity contribution in [1.82, 2.24) is 9.88 Å². The molecule has 0 unspecified atom stereocenters. The van der Waals surface area contributed by atoms with Crippen molar-refractivity contribution in [3.05, 3.63) is 53.6 Å². The van der Waals surface area contributed by atoms with Gasteiger partial charge in [-0.25, -0.2) is 4.98 Å². The van der Waals surface area contributed by atoms with Crippen LogP contribution in [0, 0.1) is 6.92 Å². The van der Waals surface area contributed by atoms with Crippen molar-refractivity contribution >= 4 is 45.0 Å². The lowest BCUT2D eigenvalue weighted by Crippen LogP contribution is -2.41. The number of hydrogen-bond donors (Lipinski definition) is 0. The second-order valence-electron chi connectivity index (χ2n) is 8.18. The second kappa shape index (κ2) is 8.35. The van der Waals surface area contributed by atoms with E-state index in [0.717, 1.165) is 28.6 Å². The predicted octanol–water partition coefficient (Wildman–Crippen LogP) is 3.94. The minimum atomic E-state index is -0.220. The largest absolute Gasteiger partial charge is 0.467 e. The Bertz CT molecular complexity index is 1200. The zero-order chi connectivity index (χ0) is 22.2. The summed E-state index contributed by atoms with van der Waals surface area (Å²) < 4.78 is 7.24. The number of aromatic nitrogens is 1. The molecule has 8 heteroatoms. The maximum absolute atomic E-state index is 13.0. The summed E-state index contributed by atoms with van der Waals surface area (Å²) in [5.74, 6) is -0.537. The molecule has 2 aliphatic heterocycles. The normalized spacial score (nSPS) is 17.4. The van der Waals surface area contributed by atoms with Gasteiger partial charge in [0.05, 0.1) is 15.9 Å². The topological polar surface area (TPSA) is 79.8 Å². The monoisotopic (exact) mass is 449 g/mol. The number of fused-ring (bicyclic) bond motifs is 1. The molecule has 5 rings (SSSR count). The highest BCUT2D eigenvalue weighted by Crippen LogP contribution is 2.31. The molecule has 0 N–H and O–H groups in total. The van der Waals surface area contributed by atoms with Gasteiger partial charge in [0.1, 0.15) is 6.10 Å². The van der Waals surface area contributed by atoms with Crippen molar-refractivity contribution in [2.24, 2.45) is 0 Å². The van der Waals surface area contributed by atoms with Gasteiger partial charge in [0.15, 0.2) is 0 Å². The standard InChI is InChI=1S/C24H23N3O4S/c1-15-4-2-7-19-22(15)25-24(32-19)31-18-10-12-26(13-11-18)23(30)16-5-3-6-17(14-16)27-20(28)8-9-21(27)29/h2-7,14,18H,8-13H2,1H3. The van der Waals surface area contributed by atoms with Crippen LogP contribution in [0.2, 0.25) is 0 Å². The van der Waals surface area contributed by atoms with E-state index in [1.807, 2.05) is 25.1 Å². The molecule has 2 fully saturated rings. The third-order valence-electron chi connectivity index (χ3n) is 6.00. The van der Waals surface area contributed by atoms with Gasteiger partial charge in [-0.15, -0.1) is 0 Å². The minimum Gasteiger partial charge on any atom is -0.467 e. The maximum atomic E-state index is 13.0. The van der Waals surface area contributed by atoms with Crippen LogP contribution in [0.1, 0.15) is 41.6 Å². The van der Waals surface area contributed by atoms with E-state index in [1.165, 1.54) is 4.90 Å². The number of rotatable bonds is 4. The third-order valence-corrected chi connectivity index (χ3v) is 6.91. The fourth-order valence-electron chi connectivity index (χ4n) is 4.26. The SMILES string of the molecule is Cc1cccc2sc(OC3CCN(C(=O)c4cccc(N5C(=O)CCC5=O)c4)CC3)nc12. The van der Waals surface area contributed by atoms with Gasteiger partial charge in [0.25, 0.3) is 11.1 Å². The summed E-state index contributed by atoms with van der Waals surface area (Å²) >= 11 is 1.55. The van der Waals surface area contributed by atoms with Crippen molar-refractivity contribution < 1.29 is 19.1 Å². The Hall–Kier alpha value is -3.26. The number of para-hydroxylation sites is 1. The summed E-state index contributed by atoms with van der Waals surface area (Å²) in [6.07, 6.45) is 1.91. The van der Waals surface area contributed by atoms with E-state index in [-0.39, 0.29) is 36.7 Å². The van der Waals surface area contributed by atoms with Gasteiger partial charge in [-0.2, -0.15) is 0 Å². The highest BCUT2D eigenvalue weighted by atomic mass is 32.1. The van der Waals surface area contributed by atoms with Crippen molar-refractivity contribution in [3.8, 4) is 5.19 Å². The molecule has 0 atom stereocenters. The number of thiazole rings is 1. The first-order valence-corrected chi connectivity index (χ1v) is 11.6. The first-order chi connectivity index (χ1) is 15.5. The fraction of sp³-hybridized carbons (Fsp3) is 0.333. The van der Waals surface area contributed by atoms with E-state index in [9.17, 15) is 14.4 Å².